The SMILES string of the molecule is CN1C(=O)[CH]C(C(F)(F)F)NC1=O. The average Bonchev–Trinajstić information content (AvgIpc) is 1.97. The number of carbonyl (C=O) groups is 2. The molecule has 7 heteroatoms. The summed E-state index contributed by atoms with van der Waals surface area (Å²) >= 11 is 0. The first-order valence-electron chi connectivity index (χ1n) is 3.32. The van der Waals surface area contributed by atoms with Crippen molar-refractivity contribution in [3.8, 4) is 0 Å². The van der Waals surface area contributed by atoms with Crippen molar-refractivity contribution in [2.75, 3.05) is 7.05 Å². The minimum Gasteiger partial charge on any atom is -0.325 e. The third kappa shape index (κ3) is 1.90. The van der Waals surface area contributed by atoms with Crippen molar-refractivity contribution in [2.24, 2.45) is 0 Å². The summed E-state index contributed by atoms with van der Waals surface area (Å²) in [4.78, 5) is 22.1. The lowest BCUT2D eigenvalue weighted by atomic mass is 10.1. The van der Waals surface area contributed by atoms with Gasteiger partial charge in [0.25, 0.3) is 0 Å². The molecular formula is C6H6F3N2O2. The maximum absolute atomic E-state index is 12.0. The van der Waals surface area contributed by atoms with Crippen molar-refractivity contribution in [2.45, 2.75) is 12.2 Å². The Balaban J connectivity index is 2.75. The number of hydrogen-bond acceptors (Lipinski definition) is 2. The van der Waals surface area contributed by atoms with E-state index in [9.17, 15) is 22.8 Å². The van der Waals surface area contributed by atoms with Crippen LogP contribution in [0, 0.1) is 6.42 Å². The predicted molar refractivity (Wildman–Crippen MR) is 35.4 cm³/mol. The summed E-state index contributed by atoms with van der Waals surface area (Å²) in [6.45, 7) is 0. The lowest BCUT2D eigenvalue weighted by molar-refractivity contribution is -0.155. The number of nitrogens with one attached hydrogen (secondary N) is 1. The van der Waals surface area contributed by atoms with Gasteiger partial charge >= 0.3 is 12.2 Å². The lowest BCUT2D eigenvalue weighted by Crippen LogP contribution is -2.58. The van der Waals surface area contributed by atoms with Crippen LogP contribution in [0.1, 0.15) is 0 Å². The van der Waals surface area contributed by atoms with Crippen LogP contribution in [0.25, 0.3) is 0 Å². The number of halogens is 3. The molecule has 0 bridgehead atoms. The molecule has 1 unspecified atom stereocenters. The van der Waals surface area contributed by atoms with Crippen molar-refractivity contribution in [3.63, 3.8) is 0 Å². The van der Waals surface area contributed by atoms with Crippen LogP contribution in [0.3, 0.4) is 0 Å². The molecule has 4 nitrogen and oxygen atoms in total. The second-order valence-corrected chi connectivity index (χ2v) is 2.53. The van der Waals surface area contributed by atoms with E-state index in [2.05, 4.69) is 0 Å². The molecule has 1 heterocycles. The summed E-state index contributed by atoms with van der Waals surface area (Å²) < 4.78 is 36.0. The first-order valence-corrected chi connectivity index (χ1v) is 3.32. The predicted octanol–water partition coefficient (Wildman–Crippen LogP) is 0.303. The van der Waals surface area contributed by atoms with E-state index in [0.29, 0.717) is 11.3 Å². The van der Waals surface area contributed by atoms with Crippen molar-refractivity contribution < 1.29 is 22.8 Å². The highest BCUT2D eigenvalue weighted by molar-refractivity contribution is 6.02. The van der Waals surface area contributed by atoms with Gasteiger partial charge in [0, 0.05) is 7.05 Å². The summed E-state index contributed by atoms with van der Waals surface area (Å²) in [6.07, 6.45) is -4.20. The molecule has 0 saturated carbocycles. The molecule has 1 N–H and O–H groups in total. The van der Waals surface area contributed by atoms with E-state index >= 15 is 0 Å². The van der Waals surface area contributed by atoms with Crippen LogP contribution in [0.15, 0.2) is 0 Å². The zero-order chi connectivity index (χ0) is 10.2. The van der Waals surface area contributed by atoms with E-state index in [1.807, 2.05) is 0 Å². The number of urea groups is 1. The second kappa shape index (κ2) is 2.90. The largest absolute Gasteiger partial charge is 0.409 e. The van der Waals surface area contributed by atoms with Gasteiger partial charge < -0.3 is 5.32 Å². The molecule has 1 aliphatic rings. The molecule has 0 aromatic heterocycles. The van der Waals surface area contributed by atoms with Gasteiger partial charge in [-0.25, -0.2) is 4.79 Å². The number of imide groups is 1. The van der Waals surface area contributed by atoms with E-state index < -0.39 is 24.2 Å². The molecule has 0 aliphatic carbocycles. The summed E-state index contributed by atoms with van der Waals surface area (Å²) in [7, 11) is 1.10. The molecule has 0 aromatic rings. The number of carbonyl (C=O) groups excluding carboxylic acids is 2. The van der Waals surface area contributed by atoms with Crippen LogP contribution in [0.2, 0.25) is 0 Å². The monoisotopic (exact) mass is 195 g/mol. The third-order valence-electron chi connectivity index (χ3n) is 1.58. The molecule has 73 valence electrons. The van der Waals surface area contributed by atoms with Crippen LogP contribution in [0.4, 0.5) is 18.0 Å². The van der Waals surface area contributed by atoms with E-state index in [1.54, 1.807) is 5.32 Å². The number of amides is 3. The first kappa shape index (κ1) is 9.82. The van der Waals surface area contributed by atoms with Crippen LogP contribution >= 0.6 is 0 Å². The van der Waals surface area contributed by atoms with E-state index in [-0.39, 0.29) is 0 Å². The summed E-state index contributed by atoms with van der Waals surface area (Å²) in [6, 6.07) is -3.22. The van der Waals surface area contributed by atoms with Gasteiger partial charge in [0.15, 0.2) is 0 Å². The molecule has 1 atom stereocenters. The Labute approximate surface area is 71.7 Å². The zero-order valence-corrected chi connectivity index (χ0v) is 6.55. The van der Waals surface area contributed by atoms with Gasteiger partial charge in [0.1, 0.15) is 6.04 Å². The molecule has 3 amide bonds. The Bertz CT molecular complexity index is 233. The zero-order valence-electron chi connectivity index (χ0n) is 6.55. The number of hydrogen-bond donors (Lipinski definition) is 1. The Kier molecular flexibility index (Phi) is 2.19. The third-order valence-corrected chi connectivity index (χ3v) is 1.58. The minimum atomic E-state index is -4.62. The molecule has 0 spiro atoms. The second-order valence-electron chi connectivity index (χ2n) is 2.53. The van der Waals surface area contributed by atoms with Crippen molar-refractivity contribution in [3.05, 3.63) is 6.42 Å². The van der Waals surface area contributed by atoms with Crippen LogP contribution < -0.4 is 5.32 Å². The van der Waals surface area contributed by atoms with Crippen molar-refractivity contribution >= 4 is 11.9 Å². The van der Waals surface area contributed by atoms with E-state index in [0.717, 1.165) is 7.05 Å². The number of alkyl halides is 3. The molecule has 1 radical (unpaired) electrons. The highest BCUT2D eigenvalue weighted by Crippen LogP contribution is 2.24. The Morgan fingerprint density at radius 3 is 2.38 bits per heavy atom. The molecular weight excluding hydrogens is 189 g/mol. The Morgan fingerprint density at radius 1 is 1.46 bits per heavy atom. The fraction of sp³-hybridized carbons (Fsp3) is 0.500. The summed E-state index contributed by atoms with van der Waals surface area (Å²) in [5.41, 5.74) is 0. The Hall–Kier alpha value is -1.27. The van der Waals surface area contributed by atoms with Crippen LogP contribution in [-0.2, 0) is 4.79 Å². The standard InChI is InChI=1S/C6H6F3N2O2/c1-11-4(12)2-3(6(7,8)9)10-5(11)13/h2-3H,1H3,(H,10,13). The van der Waals surface area contributed by atoms with Gasteiger partial charge in [0.2, 0.25) is 5.91 Å². The number of nitrogens with zero attached hydrogens (tertiary/aromatic N) is 1. The van der Waals surface area contributed by atoms with Gasteiger partial charge in [-0.15, -0.1) is 0 Å². The van der Waals surface area contributed by atoms with E-state index in [4.69, 9.17) is 0 Å². The number of rotatable bonds is 0. The fourth-order valence-electron chi connectivity index (χ4n) is 0.802. The first-order chi connectivity index (χ1) is 5.82. The van der Waals surface area contributed by atoms with E-state index in [1.165, 1.54) is 0 Å². The normalized spacial score (nSPS) is 24.6. The lowest BCUT2D eigenvalue weighted by Gasteiger charge is -2.29. The van der Waals surface area contributed by atoms with Gasteiger partial charge in [-0.2, -0.15) is 13.2 Å². The molecule has 1 aliphatic heterocycles. The molecule has 1 rings (SSSR count). The highest BCUT2D eigenvalue weighted by Gasteiger charge is 2.46. The molecule has 0 aromatic carbocycles. The fourth-order valence-corrected chi connectivity index (χ4v) is 0.802. The highest BCUT2D eigenvalue weighted by atomic mass is 19.4. The molecule has 13 heavy (non-hydrogen) atoms. The topological polar surface area (TPSA) is 49.4 Å². The van der Waals surface area contributed by atoms with Crippen LogP contribution in [-0.4, -0.2) is 36.1 Å². The minimum absolute atomic E-state index is 0.418. The van der Waals surface area contributed by atoms with Crippen molar-refractivity contribution in [1.82, 2.24) is 10.2 Å². The maximum Gasteiger partial charge on any atom is 0.409 e. The van der Waals surface area contributed by atoms with Gasteiger partial charge in [0.05, 0.1) is 6.42 Å². The quantitative estimate of drug-likeness (QED) is 0.604. The molecule has 1 fully saturated rings. The Morgan fingerprint density at radius 2 is 2.00 bits per heavy atom. The van der Waals surface area contributed by atoms with Crippen LogP contribution in [0.5, 0.6) is 0 Å². The molecule has 1 saturated heterocycles. The van der Waals surface area contributed by atoms with Gasteiger partial charge in [-0.3, -0.25) is 9.69 Å². The average molecular weight is 195 g/mol. The van der Waals surface area contributed by atoms with Gasteiger partial charge in [-0.1, -0.05) is 0 Å². The maximum atomic E-state index is 12.0. The van der Waals surface area contributed by atoms with Crippen molar-refractivity contribution in [1.29, 1.82) is 0 Å². The summed E-state index contributed by atoms with van der Waals surface area (Å²) in [5, 5.41) is 1.62. The summed E-state index contributed by atoms with van der Waals surface area (Å²) in [5.74, 6) is -0.953. The van der Waals surface area contributed by atoms with Gasteiger partial charge in [-0.05, 0) is 0 Å². The smallest absolute Gasteiger partial charge is 0.325 e.